The van der Waals surface area contributed by atoms with E-state index in [4.69, 9.17) is 10.2 Å². The molecule has 1 aliphatic rings. The van der Waals surface area contributed by atoms with Gasteiger partial charge in [-0.15, -0.1) is 0 Å². The lowest BCUT2D eigenvalue weighted by Crippen LogP contribution is -2.21. The summed E-state index contributed by atoms with van der Waals surface area (Å²) in [4.78, 5) is 0. The van der Waals surface area contributed by atoms with Gasteiger partial charge in [0.05, 0.1) is 0 Å². The summed E-state index contributed by atoms with van der Waals surface area (Å²) in [7, 11) is 0. The van der Waals surface area contributed by atoms with Crippen LogP contribution in [0, 0.1) is 0 Å². The highest BCUT2D eigenvalue weighted by molar-refractivity contribution is 9.10. The van der Waals surface area contributed by atoms with E-state index < -0.39 is 0 Å². The van der Waals surface area contributed by atoms with Gasteiger partial charge in [-0.2, -0.15) is 0 Å². The van der Waals surface area contributed by atoms with Crippen molar-refractivity contribution >= 4 is 15.9 Å². The second-order valence-electron chi connectivity index (χ2n) is 3.92. The Bertz CT molecular complexity index is 291. The molecule has 1 aromatic rings. The number of halogens is 1. The van der Waals surface area contributed by atoms with Crippen LogP contribution >= 0.6 is 15.9 Å². The van der Waals surface area contributed by atoms with Gasteiger partial charge in [-0.1, -0.05) is 0 Å². The van der Waals surface area contributed by atoms with Crippen LogP contribution in [0.2, 0.25) is 0 Å². The van der Waals surface area contributed by atoms with Gasteiger partial charge in [0.25, 0.3) is 0 Å². The average molecular weight is 244 g/mol. The van der Waals surface area contributed by atoms with Crippen LogP contribution in [-0.4, -0.2) is 5.54 Å². The number of hydrogen-bond acceptors (Lipinski definition) is 2. The molecule has 0 bridgehead atoms. The van der Waals surface area contributed by atoms with Crippen LogP contribution in [0.15, 0.2) is 21.2 Å². The predicted octanol–water partition coefficient (Wildman–Crippen LogP) is 2.86. The van der Waals surface area contributed by atoms with Gasteiger partial charge in [0, 0.05) is 12.0 Å². The molecule has 2 N–H and O–H groups in total. The smallest absolute Gasteiger partial charge is 0.169 e. The summed E-state index contributed by atoms with van der Waals surface area (Å²) >= 11 is 3.28. The number of hydrogen-bond donors (Lipinski definition) is 1. The molecule has 0 unspecified atom stereocenters. The Morgan fingerprint density at radius 3 is 2.77 bits per heavy atom. The summed E-state index contributed by atoms with van der Waals surface area (Å²) in [5.74, 6) is 1.05. The van der Waals surface area contributed by atoms with Crippen molar-refractivity contribution < 1.29 is 4.42 Å². The van der Waals surface area contributed by atoms with Gasteiger partial charge >= 0.3 is 0 Å². The molecule has 0 aliphatic heterocycles. The summed E-state index contributed by atoms with van der Waals surface area (Å²) < 4.78 is 6.21. The van der Waals surface area contributed by atoms with Gasteiger partial charge in [-0.05, 0) is 53.7 Å². The van der Waals surface area contributed by atoms with Crippen molar-refractivity contribution in [2.75, 3.05) is 0 Å². The SMILES string of the molecule is NC1(CCCc2ccc(Br)o2)CC1. The number of nitrogens with two attached hydrogens (primary N) is 1. The van der Waals surface area contributed by atoms with Crippen molar-refractivity contribution in [3.05, 3.63) is 22.6 Å². The predicted molar refractivity (Wildman–Crippen MR) is 55.5 cm³/mol. The lowest BCUT2D eigenvalue weighted by molar-refractivity contribution is 0.467. The minimum Gasteiger partial charge on any atom is -0.454 e. The highest BCUT2D eigenvalue weighted by Crippen LogP contribution is 2.36. The van der Waals surface area contributed by atoms with Crippen molar-refractivity contribution in [2.45, 2.75) is 37.6 Å². The van der Waals surface area contributed by atoms with Gasteiger partial charge in [0.1, 0.15) is 5.76 Å². The monoisotopic (exact) mass is 243 g/mol. The fourth-order valence-electron chi connectivity index (χ4n) is 1.51. The van der Waals surface area contributed by atoms with Crippen molar-refractivity contribution in [2.24, 2.45) is 5.73 Å². The third-order valence-electron chi connectivity index (χ3n) is 2.62. The lowest BCUT2D eigenvalue weighted by atomic mass is 10.1. The Kier molecular flexibility index (Phi) is 2.47. The summed E-state index contributed by atoms with van der Waals surface area (Å²) in [5.41, 5.74) is 6.16. The van der Waals surface area contributed by atoms with E-state index in [9.17, 15) is 0 Å². The van der Waals surface area contributed by atoms with Crippen LogP contribution in [0.1, 0.15) is 31.4 Å². The maximum atomic E-state index is 5.98. The zero-order valence-corrected chi connectivity index (χ0v) is 9.14. The topological polar surface area (TPSA) is 39.2 Å². The molecule has 13 heavy (non-hydrogen) atoms. The zero-order chi connectivity index (χ0) is 9.31. The largest absolute Gasteiger partial charge is 0.454 e. The lowest BCUT2D eigenvalue weighted by Gasteiger charge is -2.05. The summed E-state index contributed by atoms with van der Waals surface area (Å²) in [6.07, 6.45) is 5.68. The van der Waals surface area contributed by atoms with E-state index in [0.717, 1.165) is 29.7 Å². The van der Waals surface area contributed by atoms with Crippen molar-refractivity contribution in [1.82, 2.24) is 0 Å². The molecule has 2 nitrogen and oxygen atoms in total. The molecule has 0 aromatic carbocycles. The van der Waals surface area contributed by atoms with E-state index >= 15 is 0 Å². The van der Waals surface area contributed by atoms with Gasteiger partial charge < -0.3 is 10.2 Å². The molecular formula is C10H14BrNO. The highest BCUT2D eigenvalue weighted by Gasteiger charge is 2.36. The first-order valence-corrected chi connectivity index (χ1v) is 5.50. The maximum Gasteiger partial charge on any atom is 0.169 e. The molecule has 0 saturated heterocycles. The molecule has 1 heterocycles. The van der Waals surface area contributed by atoms with E-state index in [1.54, 1.807) is 0 Å². The van der Waals surface area contributed by atoms with Crippen LogP contribution in [0.3, 0.4) is 0 Å². The van der Waals surface area contributed by atoms with E-state index in [2.05, 4.69) is 15.9 Å². The first kappa shape index (κ1) is 9.28. The molecule has 2 rings (SSSR count). The van der Waals surface area contributed by atoms with Crippen LogP contribution in [0.4, 0.5) is 0 Å². The van der Waals surface area contributed by atoms with E-state index in [0.29, 0.717) is 0 Å². The molecule has 1 aromatic heterocycles. The average Bonchev–Trinajstić information content (AvgIpc) is 2.65. The normalized spacial score (nSPS) is 18.9. The highest BCUT2D eigenvalue weighted by atomic mass is 79.9. The maximum absolute atomic E-state index is 5.98. The Morgan fingerprint density at radius 2 is 2.23 bits per heavy atom. The Morgan fingerprint density at radius 1 is 1.46 bits per heavy atom. The van der Waals surface area contributed by atoms with Crippen LogP contribution in [0.5, 0.6) is 0 Å². The van der Waals surface area contributed by atoms with Gasteiger partial charge in [0.15, 0.2) is 4.67 Å². The second-order valence-corrected chi connectivity index (χ2v) is 4.70. The number of aryl methyl sites for hydroxylation is 1. The van der Waals surface area contributed by atoms with E-state index in [1.807, 2.05) is 12.1 Å². The quantitative estimate of drug-likeness (QED) is 0.884. The second kappa shape index (κ2) is 3.46. The molecule has 0 radical (unpaired) electrons. The minimum absolute atomic E-state index is 0.184. The molecule has 1 fully saturated rings. The van der Waals surface area contributed by atoms with E-state index in [-0.39, 0.29) is 5.54 Å². The first-order chi connectivity index (χ1) is 6.18. The summed E-state index contributed by atoms with van der Waals surface area (Å²) in [6, 6.07) is 3.95. The van der Waals surface area contributed by atoms with E-state index in [1.165, 1.54) is 12.8 Å². The Balaban J connectivity index is 1.73. The van der Waals surface area contributed by atoms with Crippen LogP contribution < -0.4 is 5.73 Å². The minimum atomic E-state index is 0.184. The van der Waals surface area contributed by atoms with Crippen molar-refractivity contribution in [3.8, 4) is 0 Å². The Labute approximate surface area is 86.6 Å². The Hall–Kier alpha value is -0.280. The fourth-order valence-corrected chi connectivity index (χ4v) is 1.85. The van der Waals surface area contributed by atoms with Gasteiger partial charge in [-0.3, -0.25) is 0 Å². The molecule has 72 valence electrons. The first-order valence-electron chi connectivity index (χ1n) is 4.71. The van der Waals surface area contributed by atoms with Crippen LogP contribution in [-0.2, 0) is 6.42 Å². The fraction of sp³-hybridized carbons (Fsp3) is 0.600. The number of rotatable bonds is 4. The molecular weight excluding hydrogens is 230 g/mol. The third kappa shape index (κ3) is 2.58. The molecule has 0 spiro atoms. The zero-order valence-electron chi connectivity index (χ0n) is 7.55. The van der Waals surface area contributed by atoms with Crippen molar-refractivity contribution in [3.63, 3.8) is 0 Å². The van der Waals surface area contributed by atoms with Gasteiger partial charge in [-0.25, -0.2) is 0 Å². The van der Waals surface area contributed by atoms with Gasteiger partial charge in [0.2, 0.25) is 0 Å². The molecule has 0 atom stereocenters. The summed E-state index contributed by atoms with van der Waals surface area (Å²) in [5, 5.41) is 0. The van der Waals surface area contributed by atoms with Crippen molar-refractivity contribution in [1.29, 1.82) is 0 Å². The number of furan rings is 1. The third-order valence-corrected chi connectivity index (χ3v) is 3.05. The standard InChI is InChI=1S/C10H14BrNO/c11-9-4-3-8(13-9)2-1-5-10(12)6-7-10/h3-4H,1-2,5-7,12H2. The summed E-state index contributed by atoms with van der Waals surface area (Å²) in [6.45, 7) is 0. The van der Waals surface area contributed by atoms with Crippen LogP contribution in [0.25, 0.3) is 0 Å². The molecule has 0 amide bonds. The molecule has 1 aliphatic carbocycles. The molecule has 1 saturated carbocycles. The molecule has 3 heteroatoms.